The average molecular weight is 212 g/mol. The number of nitrogens with two attached hydrogens (primary N) is 1. The molecule has 2 aliphatic carbocycles. The lowest BCUT2D eigenvalue weighted by Crippen LogP contribution is -2.28. The fraction of sp³-hybridized carbons (Fsp3) is 0.455. The SMILES string of the molecule is Cl.N[C@@H]1c2ccccc2C2(CC2)[C@H]1O. The van der Waals surface area contributed by atoms with Gasteiger partial charge in [-0.05, 0) is 24.0 Å². The van der Waals surface area contributed by atoms with Crippen LogP contribution in [0.5, 0.6) is 0 Å². The molecule has 0 unspecified atom stereocenters. The first kappa shape index (κ1) is 9.97. The van der Waals surface area contributed by atoms with E-state index in [1.807, 2.05) is 18.2 Å². The van der Waals surface area contributed by atoms with Gasteiger partial charge in [-0.2, -0.15) is 0 Å². The molecule has 14 heavy (non-hydrogen) atoms. The molecule has 3 rings (SSSR count). The second-order valence-corrected chi connectivity index (χ2v) is 4.21. The van der Waals surface area contributed by atoms with Crippen LogP contribution < -0.4 is 5.73 Å². The van der Waals surface area contributed by atoms with Crippen molar-refractivity contribution in [1.82, 2.24) is 0 Å². The summed E-state index contributed by atoms with van der Waals surface area (Å²) in [7, 11) is 0. The lowest BCUT2D eigenvalue weighted by molar-refractivity contribution is 0.120. The van der Waals surface area contributed by atoms with Gasteiger partial charge in [0.1, 0.15) is 0 Å². The van der Waals surface area contributed by atoms with Crippen molar-refractivity contribution in [3.8, 4) is 0 Å². The maximum atomic E-state index is 9.98. The van der Waals surface area contributed by atoms with Gasteiger partial charge in [-0.3, -0.25) is 0 Å². The monoisotopic (exact) mass is 211 g/mol. The summed E-state index contributed by atoms with van der Waals surface area (Å²) in [5, 5.41) is 9.98. The van der Waals surface area contributed by atoms with Crippen molar-refractivity contribution in [2.45, 2.75) is 30.4 Å². The first-order chi connectivity index (χ1) is 6.26. The van der Waals surface area contributed by atoms with E-state index in [1.54, 1.807) is 0 Å². The molecule has 3 heteroatoms. The van der Waals surface area contributed by atoms with Crippen LogP contribution in [0.2, 0.25) is 0 Å². The van der Waals surface area contributed by atoms with Gasteiger partial charge in [0, 0.05) is 5.41 Å². The van der Waals surface area contributed by atoms with Crippen molar-refractivity contribution in [2.75, 3.05) is 0 Å². The van der Waals surface area contributed by atoms with E-state index in [0.29, 0.717) is 0 Å². The topological polar surface area (TPSA) is 46.2 Å². The van der Waals surface area contributed by atoms with Crippen molar-refractivity contribution in [2.24, 2.45) is 5.73 Å². The fourth-order valence-corrected chi connectivity index (χ4v) is 2.61. The van der Waals surface area contributed by atoms with Crippen molar-refractivity contribution in [3.05, 3.63) is 35.4 Å². The summed E-state index contributed by atoms with van der Waals surface area (Å²) in [5.74, 6) is 0. The molecule has 0 aliphatic heterocycles. The first-order valence-electron chi connectivity index (χ1n) is 4.79. The van der Waals surface area contributed by atoms with Gasteiger partial charge in [-0.1, -0.05) is 24.3 Å². The molecule has 2 aliphatic rings. The number of halogens is 1. The van der Waals surface area contributed by atoms with Gasteiger partial charge >= 0.3 is 0 Å². The third kappa shape index (κ3) is 0.991. The Labute approximate surface area is 89.5 Å². The minimum absolute atomic E-state index is 0. The van der Waals surface area contributed by atoms with Gasteiger partial charge in [-0.25, -0.2) is 0 Å². The molecule has 0 heterocycles. The average Bonchev–Trinajstić information content (AvgIpc) is 2.93. The van der Waals surface area contributed by atoms with Crippen LogP contribution in [0.3, 0.4) is 0 Å². The second-order valence-electron chi connectivity index (χ2n) is 4.21. The zero-order valence-corrected chi connectivity index (χ0v) is 8.63. The summed E-state index contributed by atoms with van der Waals surface area (Å²) in [6, 6.07) is 8.00. The molecule has 0 saturated heterocycles. The molecule has 1 aromatic carbocycles. The third-order valence-corrected chi connectivity index (χ3v) is 3.55. The van der Waals surface area contributed by atoms with Crippen LogP contribution in [0, 0.1) is 0 Å². The van der Waals surface area contributed by atoms with Crippen molar-refractivity contribution in [1.29, 1.82) is 0 Å². The Morgan fingerprint density at radius 2 is 1.93 bits per heavy atom. The minimum Gasteiger partial charge on any atom is -0.390 e. The van der Waals surface area contributed by atoms with E-state index in [0.717, 1.165) is 18.4 Å². The Morgan fingerprint density at radius 3 is 2.57 bits per heavy atom. The number of rotatable bonds is 0. The third-order valence-electron chi connectivity index (χ3n) is 3.55. The number of hydrogen-bond donors (Lipinski definition) is 2. The van der Waals surface area contributed by atoms with E-state index in [4.69, 9.17) is 5.73 Å². The largest absolute Gasteiger partial charge is 0.390 e. The van der Waals surface area contributed by atoms with E-state index in [9.17, 15) is 5.11 Å². The van der Waals surface area contributed by atoms with Crippen LogP contribution >= 0.6 is 12.4 Å². The normalized spacial score (nSPS) is 31.0. The van der Waals surface area contributed by atoms with E-state index >= 15 is 0 Å². The highest BCUT2D eigenvalue weighted by Gasteiger charge is 2.57. The summed E-state index contributed by atoms with van der Waals surface area (Å²) in [5.41, 5.74) is 8.43. The minimum atomic E-state index is -0.357. The molecule has 76 valence electrons. The van der Waals surface area contributed by atoms with Crippen LogP contribution in [0.1, 0.15) is 30.0 Å². The standard InChI is InChI=1S/C11H13NO.ClH/c12-9-7-3-1-2-4-8(7)11(5-6-11)10(9)13;/h1-4,9-10,13H,5-6,12H2;1H/t9-,10+;/m1./s1. The van der Waals surface area contributed by atoms with E-state index in [1.165, 1.54) is 5.56 Å². The number of aliphatic hydroxyl groups excluding tert-OH is 1. The maximum Gasteiger partial charge on any atom is 0.0829 e. The molecule has 1 fully saturated rings. The molecule has 3 N–H and O–H groups in total. The van der Waals surface area contributed by atoms with Crippen LogP contribution in [0.25, 0.3) is 0 Å². The van der Waals surface area contributed by atoms with Crippen LogP contribution in [-0.2, 0) is 5.41 Å². The summed E-state index contributed by atoms with van der Waals surface area (Å²) in [4.78, 5) is 0. The van der Waals surface area contributed by atoms with Crippen LogP contribution in [-0.4, -0.2) is 11.2 Å². The Balaban J connectivity index is 0.000000750. The highest BCUT2D eigenvalue weighted by atomic mass is 35.5. The number of aliphatic hydroxyl groups is 1. The lowest BCUT2D eigenvalue weighted by Gasteiger charge is -2.15. The van der Waals surface area contributed by atoms with Crippen molar-refractivity contribution >= 4 is 12.4 Å². The van der Waals surface area contributed by atoms with Crippen molar-refractivity contribution < 1.29 is 5.11 Å². The number of hydrogen-bond acceptors (Lipinski definition) is 2. The highest BCUT2D eigenvalue weighted by molar-refractivity contribution is 5.85. The quantitative estimate of drug-likeness (QED) is 0.684. The highest BCUT2D eigenvalue weighted by Crippen LogP contribution is 2.59. The molecule has 0 radical (unpaired) electrons. The summed E-state index contributed by atoms with van der Waals surface area (Å²) >= 11 is 0. The molecule has 2 nitrogen and oxygen atoms in total. The molecule has 0 aromatic heterocycles. The zero-order valence-electron chi connectivity index (χ0n) is 7.81. The molecule has 1 aromatic rings. The molecular formula is C11H14ClNO. The predicted octanol–water partition coefficient (Wildman–Crippen LogP) is 1.51. The van der Waals surface area contributed by atoms with E-state index in [-0.39, 0.29) is 30.0 Å². The van der Waals surface area contributed by atoms with Gasteiger partial charge in [0.25, 0.3) is 0 Å². The maximum absolute atomic E-state index is 9.98. The summed E-state index contributed by atoms with van der Waals surface area (Å²) in [6.45, 7) is 0. The fourth-order valence-electron chi connectivity index (χ4n) is 2.61. The Kier molecular flexibility index (Phi) is 2.11. The molecule has 1 spiro atoms. The van der Waals surface area contributed by atoms with E-state index in [2.05, 4.69) is 6.07 Å². The summed E-state index contributed by atoms with van der Waals surface area (Å²) < 4.78 is 0. The Hall–Kier alpha value is -0.570. The van der Waals surface area contributed by atoms with E-state index < -0.39 is 0 Å². The Morgan fingerprint density at radius 1 is 1.29 bits per heavy atom. The summed E-state index contributed by atoms with van der Waals surface area (Å²) in [6.07, 6.45) is 1.84. The second kappa shape index (κ2) is 2.96. The molecule has 1 saturated carbocycles. The van der Waals surface area contributed by atoms with Gasteiger partial charge in [0.05, 0.1) is 12.1 Å². The van der Waals surface area contributed by atoms with Crippen LogP contribution in [0.15, 0.2) is 24.3 Å². The smallest absolute Gasteiger partial charge is 0.0829 e. The lowest BCUT2D eigenvalue weighted by atomic mass is 9.97. The number of fused-ring (bicyclic) bond motifs is 2. The zero-order chi connectivity index (χ0) is 9.05. The van der Waals surface area contributed by atoms with Crippen LogP contribution in [0.4, 0.5) is 0 Å². The first-order valence-corrected chi connectivity index (χ1v) is 4.79. The Bertz CT molecular complexity index is 362. The molecular weight excluding hydrogens is 198 g/mol. The molecule has 0 bridgehead atoms. The molecule has 0 amide bonds. The van der Waals surface area contributed by atoms with Gasteiger partial charge in [0.15, 0.2) is 0 Å². The van der Waals surface area contributed by atoms with Gasteiger partial charge in [0.2, 0.25) is 0 Å². The number of benzene rings is 1. The van der Waals surface area contributed by atoms with Gasteiger partial charge < -0.3 is 10.8 Å². The predicted molar refractivity (Wildman–Crippen MR) is 57.5 cm³/mol. The van der Waals surface area contributed by atoms with Gasteiger partial charge in [-0.15, -0.1) is 12.4 Å². The molecule has 2 atom stereocenters. The van der Waals surface area contributed by atoms with Crippen molar-refractivity contribution in [3.63, 3.8) is 0 Å².